The molecule has 3 aliphatic rings. The van der Waals surface area contributed by atoms with Crippen LogP contribution in [0.5, 0.6) is 0 Å². The van der Waals surface area contributed by atoms with Crippen molar-refractivity contribution in [3.63, 3.8) is 0 Å². The topological polar surface area (TPSA) is 101 Å². The average molecular weight is 431 g/mol. The first kappa shape index (κ1) is 22.8. The van der Waals surface area contributed by atoms with E-state index in [9.17, 15) is 8.42 Å². The molecule has 1 aliphatic heterocycles. The molecule has 1 heterocycles. The van der Waals surface area contributed by atoms with Gasteiger partial charge in [-0.1, -0.05) is 12.8 Å². The van der Waals surface area contributed by atoms with E-state index in [-0.39, 0.29) is 17.3 Å². The lowest BCUT2D eigenvalue weighted by atomic mass is 9.60. The fourth-order valence-electron chi connectivity index (χ4n) is 5.01. The van der Waals surface area contributed by atoms with Crippen LogP contribution in [0, 0.1) is 5.41 Å². The molecule has 8 nitrogen and oxygen atoms in total. The smallest absolute Gasteiger partial charge is 0.213 e. The number of aliphatic imine (C=N–C) groups is 1. The average Bonchev–Trinajstić information content (AvgIpc) is 3.24. The van der Waals surface area contributed by atoms with Gasteiger partial charge in [-0.15, -0.1) is 0 Å². The van der Waals surface area contributed by atoms with Crippen LogP contribution in [0.25, 0.3) is 0 Å². The molecular formula is C20H38N4O4S. The third-order valence-corrected chi connectivity index (χ3v) is 8.04. The molecule has 3 rings (SSSR count). The minimum absolute atomic E-state index is 0.000388. The van der Waals surface area contributed by atoms with Gasteiger partial charge in [0.05, 0.1) is 18.0 Å². The van der Waals surface area contributed by atoms with E-state index in [1.807, 2.05) is 0 Å². The summed E-state index contributed by atoms with van der Waals surface area (Å²) in [7, 11) is -1.61. The van der Waals surface area contributed by atoms with Crippen molar-refractivity contribution in [2.45, 2.75) is 76.5 Å². The zero-order valence-corrected chi connectivity index (χ0v) is 18.7. The van der Waals surface area contributed by atoms with Gasteiger partial charge >= 0.3 is 0 Å². The Morgan fingerprint density at radius 1 is 1.24 bits per heavy atom. The second-order valence-corrected chi connectivity index (χ2v) is 10.4. The van der Waals surface area contributed by atoms with Gasteiger partial charge < -0.3 is 20.1 Å². The summed E-state index contributed by atoms with van der Waals surface area (Å²) in [6.45, 7) is 4.21. The van der Waals surface area contributed by atoms with Crippen LogP contribution < -0.4 is 15.4 Å². The van der Waals surface area contributed by atoms with Crippen LogP contribution >= 0.6 is 0 Å². The van der Waals surface area contributed by atoms with Crippen LogP contribution in [0.2, 0.25) is 0 Å². The van der Waals surface area contributed by atoms with E-state index >= 15 is 0 Å². The summed E-state index contributed by atoms with van der Waals surface area (Å²) >= 11 is 0. The number of ether oxygens (including phenoxy) is 2. The molecule has 0 amide bonds. The Labute approximate surface area is 175 Å². The van der Waals surface area contributed by atoms with Crippen LogP contribution in [0.1, 0.15) is 58.3 Å². The van der Waals surface area contributed by atoms with Crippen LogP contribution in [0.3, 0.4) is 0 Å². The van der Waals surface area contributed by atoms with Crippen molar-refractivity contribution in [2.75, 3.05) is 39.1 Å². The maximum atomic E-state index is 12.3. The van der Waals surface area contributed by atoms with E-state index in [2.05, 4.69) is 27.3 Å². The highest BCUT2D eigenvalue weighted by atomic mass is 32.2. The van der Waals surface area contributed by atoms with Crippen molar-refractivity contribution >= 4 is 16.0 Å². The summed E-state index contributed by atoms with van der Waals surface area (Å²) < 4.78 is 38.8. The Morgan fingerprint density at radius 2 is 2.03 bits per heavy atom. The molecule has 3 atom stereocenters. The lowest BCUT2D eigenvalue weighted by Gasteiger charge is -2.54. The van der Waals surface area contributed by atoms with Gasteiger partial charge in [0.25, 0.3) is 0 Å². The van der Waals surface area contributed by atoms with Gasteiger partial charge in [0.1, 0.15) is 0 Å². The number of nitrogens with one attached hydrogen (secondary N) is 3. The number of nitrogens with zero attached hydrogens (tertiary/aromatic N) is 1. The maximum absolute atomic E-state index is 12.3. The molecular weight excluding hydrogens is 392 g/mol. The van der Waals surface area contributed by atoms with Crippen molar-refractivity contribution in [1.29, 1.82) is 0 Å². The number of hydrogen-bond acceptors (Lipinski definition) is 5. The van der Waals surface area contributed by atoms with Gasteiger partial charge in [-0.3, -0.25) is 4.99 Å². The molecule has 0 aromatic rings. The maximum Gasteiger partial charge on any atom is 0.213 e. The molecule has 3 N–H and O–H groups in total. The van der Waals surface area contributed by atoms with Crippen molar-refractivity contribution in [3.8, 4) is 0 Å². The normalized spacial score (nSPS) is 29.6. The second kappa shape index (κ2) is 10.4. The number of sulfonamides is 1. The van der Waals surface area contributed by atoms with Gasteiger partial charge in [-0.2, -0.15) is 0 Å². The van der Waals surface area contributed by atoms with E-state index in [0.29, 0.717) is 31.2 Å². The number of hydrogen-bond donors (Lipinski definition) is 3. The van der Waals surface area contributed by atoms with Gasteiger partial charge in [0, 0.05) is 44.8 Å². The second-order valence-electron chi connectivity index (χ2n) is 8.47. The minimum atomic E-state index is -3.34. The van der Waals surface area contributed by atoms with E-state index < -0.39 is 10.0 Å². The summed E-state index contributed by atoms with van der Waals surface area (Å²) in [5.74, 6) is 0.680. The van der Waals surface area contributed by atoms with Crippen molar-refractivity contribution in [2.24, 2.45) is 10.4 Å². The molecule has 2 saturated carbocycles. The van der Waals surface area contributed by atoms with Gasteiger partial charge in [0.2, 0.25) is 10.0 Å². The van der Waals surface area contributed by atoms with Crippen molar-refractivity contribution in [3.05, 3.63) is 0 Å². The molecule has 0 bridgehead atoms. The third kappa shape index (κ3) is 5.83. The zero-order chi connectivity index (χ0) is 20.7. The summed E-state index contributed by atoms with van der Waals surface area (Å²) in [5, 5.41) is 6.68. The minimum Gasteiger partial charge on any atom is -0.378 e. The van der Waals surface area contributed by atoms with E-state index in [1.54, 1.807) is 7.05 Å². The molecule has 9 heteroatoms. The first-order chi connectivity index (χ1) is 14.0. The highest BCUT2D eigenvalue weighted by Crippen LogP contribution is 2.54. The fraction of sp³-hybridized carbons (Fsp3) is 0.950. The largest absolute Gasteiger partial charge is 0.378 e. The molecule has 0 aromatic carbocycles. The summed E-state index contributed by atoms with van der Waals surface area (Å²) in [4.78, 5) is 4.29. The Hall–Kier alpha value is -0.900. The Bertz CT molecular complexity index is 643. The zero-order valence-electron chi connectivity index (χ0n) is 17.9. The standard InChI is InChI=1S/C20H38N4O4S/c1-3-27-18-14-17(20(18)9-5-6-10-20)24-19(21-2)22-11-13-29(25,26)23-15-16-8-4-7-12-28-16/h16-18,23H,3-15H2,1-2H3,(H2,21,22,24). The van der Waals surface area contributed by atoms with Gasteiger partial charge in [-0.05, 0) is 45.4 Å². The highest BCUT2D eigenvalue weighted by molar-refractivity contribution is 7.89. The molecule has 1 spiro atoms. The molecule has 3 fully saturated rings. The lowest BCUT2D eigenvalue weighted by molar-refractivity contribution is -0.125. The van der Waals surface area contributed by atoms with Crippen molar-refractivity contribution in [1.82, 2.24) is 15.4 Å². The van der Waals surface area contributed by atoms with Crippen LogP contribution in [0.15, 0.2) is 4.99 Å². The first-order valence-corrected chi connectivity index (χ1v) is 12.8. The first-order valence-electron chi connectivity index (χ1n) is 11.2. The Balaban J connectivity index is 1.41. The predicted octanol–water partition coefficient (Wildman–Crippen LogP) is 1.38. The third-order valence-electron chi connectivity index (χ3n) is 6.69. The predicted molar refractivity (Wildman–Crippen MR) is 115 cm³/mol. The van der Waals surface area contributed by atoms with Gasteiger partial charge in [0.15, 0.2) is 5.96 Å². The lowest BCUT2D eigenvalue weighted by Crippen LogP contribution is -2.65. The molecule has 0 radical (unpaired) electrons. The molecule has 29 heavy (non-hydrogen) atoms. The molecule has 168 valence electrons. The monoisotopic (exact) mass is 430 g/mol. The Kier molecular flexibility index (Phi) is 8.18. The van der Waals surface area contributed by atoms with E-state index in [0.717, 1.165) is 38.9 Å². The molecule has 1 saturated heterocycles. The van der Waals surface area contributed by atoms with Crippen LogP contribution in [-0.2, 0) is 19.5 Å². The summed E-state index contributed by atoms with van der Waals surface area (Å²) in [5.41, 5.74) is 0.210. The fourth-order valence-corrected chi connectivity index (χ4v) is 5.97. The molecule has 2 aliphatic carbocycles. The number of rotatable bonds is 9. The highest BCUT2D eigenvalue weighted by Gasteiger charge is 2.56. The number of guanidine groups is 1. The quantitative estimate of drug-likeness (QED) is 0.377. The van der Waals surface area contributed by atoms with Crippen molar-refractivity contribution < 1.29 is 17.9 Å². The van der Waals surface area contributed by atoms with E-state index in [4.69, 9.17) is 9.47 Å². The molecule has 3 unspecified atom stereocenters. The van der Waals surface area contributed by atoms with Crippen LogP contribution in [-0.4, -0.2) is 71.7 Å². The molecule has 0 aromatic heterocycles. The summed E-state index contributed by atoms with van der Waals surface area (Å²) in [6.07, 6.45) is 9.28. The summed E-state index contributed by atoms with van der Waals surface area (Å²) in [6, 6.07) is 0.339. The SMILES string of the molecule is CCOC1CC(NC(=NC)NCCS(=O)(=O)NCC2CCCCO2)C12CCCC2. The Morgan fingerprint density at radius 3 is 2.69 bits per heavy atom. The van der Waals surface area contributed by atoms with Gasteiger partial charge in [-0.25, -0.2) is 13.1 Å². The van der Waals surface area contributed by atoms with Crippen LogP contribution in [0.4, 0.5) is 0 Å². The van der Waals surface area contributed by atoms with E-state index in [1.165, 1.54) is 25.7 Å².